The number of furan rings is 1. The maximum atomic E-state index is 11.9. The van der Waals surface area contributed by atoms with E-state index < -0.39 is 5.97 Å². The smallest absolute Gasteiger partial charge is 0.374 e. The highest BCUT2D eigenvalue weighted by molar-refractivity contribution is 9.10. The summed E-state index contributed by atoms with van der Waals surface area (Å²) in [6.07, 6.45) is 0.803. The van der Waals surface area contributed by atoms with Crippen molar-refractivity contribution < 1.29 is 18.7 Å². The Morgan fingerprint density at radius 2 is 2.05 bits per heavy atom. The Morgan fingerprint density at radius 1 is 1.27 bits per heavy atom. The number of benzene rings is 1. The Bertz CT molecular complexity index is 693. The minimum absolute atomic E-state index is 0.0461. The summed E-state index contributed by atoms with van der Waals surface area (Å²) in [5.74, 6) is -1.02. The zero-order chi connectivity index (χ0) is 16.1. The normalized spacial score (nSPS) is 10.3. The lowest BCUT2D eigenvalue weighted by Gasteiger charge is -2.12. The standard InChI is InChI=1S/C16H16BrNO4/c1-3-11-6-4-5-10(2)15(11)18-14(19)9-21-16(20)12-7-8-13(17)22-12/h4-8H,3,9H2,1-2H3,(H,18,19). The summed E-state index contributed by atoms with van der Waals surface area (Å²) < 4.78 is 10.4. The quantitative estimate of drug-likeness (QED) is 0.820. The van der Waals surface area contributed by atoms with Gasteiger partial charge in [0, 0.05) is 5.69 Å². The number of rotatable bonds is 5. The lowest BCUT2D eigenvalue weighted by Crippen LogP contribution is -2.22. The fraction of sp³-hybridized carbons (Fsp3) is 0.250. The number of halogens is 1. The van der Waals surface area contributed by atoms with Crippen molar-refractivity contribution in [2.24, 2.45) is 0 Å². The van der Waals surface area contributed by atoms with Gasteiger partial charge >= 0.3 is 5.97 Å². The molecule has 0 spiro atoms. The first kappa shape index (κ1) is 16.3. The Kier molecular flexibility index (Phi) is 5.38. The molecule has 0 aliphatic heterocycles. The first-order valence-corrected chi connectivity index (χ1v) is 7.61. The van der Waals surface area contributed by atoms with Crippen LogP contribution in [0.25, 0.3) is 0 Å². The highest BCUT2D eigenvalue weighted by atomic mass is 79.9. The minimum atomic E-state index is -0.679. The second kappa shape index (κ2) is 7.26. The second-order valence-electron chi connectivity index (χ2n) is 4.69. The number of para-hydroxylation sites is 1. The molecule has 5 nitrogen and oxygen atoms in total. The number of esters is 1. The van der Waals surface area contributed by atoms with Gasteiger partial charge in [-0.2, -0.15) is 0 Å². The molecule has 2 rings (SSSR count). The van der Waals surface area contributed by atoms with Gasteiger partial charge in [-0.05, 0) is 52.5 Å². The van der Waals surface area contributed by atoms with Gasteiger partial charge in [-0.3, -0.25) is 4.79 Å². The number of hydrogen-bond donors (Lipinski definition) is 1. The fourth-order valence-electron chi connectivity index (χ4n) is 2.00. The van der Waals surface area contributed by atoms with Gasteiger partial charge < -0.3 is 14.5 Å². The van der Waals surface area contributed by atoms with Crippen LogP contribution in [0.1, 0.15) is 28.6 Å². The molecule has 2 aromatic rings. The minimum Gasteiger partial charge on any atom is -0.450 e. The summed E-state index contributed by atoms with van der Waals surface area (Å²) in [5.41, 5.74) is 2.77. The Balaban J connectivity index is 1.95. The summed E-state index contributed by atoms with van der Waals surface area (Å²) in [5, 5.41) is 2.79. The van der Waals surface area contributed by atoms with Crippen LogP contribution in [-0.2, 0) is 16.0 Å². The Morgan fingerprint density at radius 3 is 2.68 bits per heavy atom. The predicted octanol–water partition coefficient (Wildman–Crippen LogP) is 3.71. The van der Waals surface area contributed by atoms with Crippen LogP contribution in [0, 0.1) is 6.92 Å². The van der Waals surface area contributed by atoms with Crippen molar-refractivity contribution in [1.29, 1.82) is 0 Å². The van der Waals surface area contributed by atoms with Gasteiger partial charge in [0.15, 0.2) is 11.3 Å². The topological polar surface area (TPSA) is 68.5 Å². The van der Waals surface area contributed by atoms with Gasteiger partial charge in [0.1, 0.15) is 0 Å². The van der Waals surface area contributed by atoms with E-state index in [1.54, 1.807) is 6.07 Å². The van der Waals surface area contributed by atoms with Crippen LogP contribution >= 0.6 is 15.9 Å². The van der Waals surface area contributed by atoms with Gasteiger partial charge in [0.25, 0.3) is 5.91 Å². The molecule has 0 radical (unpaired) electrons. The third-order valence-electron chi connectivity index (χ3n) is 3.11. The van der Waals surface area contributed by atoms with Crippen LogP contribution in [0.5, 0.6) is 0 Å². The number of carbonyl (C=O) groups is 2. The van der Waals surface area contributed by atoms with Gasteiger partial charge in [-0.15, -0.1) is 0 Å². The van der Waals surface area contributed by atoms with E-state index in [4.69, 9.17) is 9.15 Å². The highest BCUT2D eigenvalue weighted by Gasteiger charge is 2.15. The van der Waals surface area contributed by atoms with Gasteiger partial charge in [-0.25, -0.2) is 4.79 Å². The molecule has 0 saturated heterocycles. The molecule has 0 bridgehead atoms. The summed E-state index contributed by atoms with van der Waals surface area (Å²) in [6.45, 7) is 3.56. The molecule has 0 aliphatic rings. The third kappa shape index (κ3) is 3.98. The molecule has 22 heavy (non-hydrogen) atoms. The van der Waals surface area contributed by atoms with E-state index in [0.29, 0.717) is 4.67 Å². The Labute approximate surface area is 136 Å². The first-order valence-electron chi connectivity index (χ1n) is 6.82. The van der Waals surface area contributed by atoms with Gasteiger partial charge in [0.2, 0.25) is 5.76 Å². The van der Waals surface area contributed by atoms with E-state index in [1.807, 2.05) is 32.0 Å². The maximum Gasteiger partial charge on any atom is 0.374 e. The molecule has 0 aliphatic carbocycles. The molecule has 116 valence electrons. The lowest BCUT2D eigenvalue weighted by atomic mass is 10.1. The van der Waals surface area contributed by atoms with E-state index in [1.165, 1.54) is 6.07 Å². The fourth-order valence-corrected chi connectivity index (χ4v) is 2.31. The third-order valence-corrected chi connectivity index (χ3v) is 3.54. The van der Waals surface area contributed by atoms with Crippen LogP contribution in [0.4, 0.5) is 5.69 Å². The number of amides is 1. The molecule has 0 saturated carbocycles. The largest absolute Gasteiger partial charge is 0.450 e. The number of aryl methyl sites for hydroxylation is 2. The maximum absolute atomic E-state index is 11.9. The molecule has 1 aromatic heterocycles. The number of anilines is 1. The number of nitrogens with one attached hydrogen (secondary N) is 1. The van der Waals surface area contributed by atoms with Crippen LogP contribution in [0.15, 0.2) is 39.4 Å². The molecular formula is C16H16BrNO4. The van der Waals surface area contributed by atoms with Crippen molar-refractivity contribution >= 4 is 33.5 Å². The Hall–Kier alpha value is -2.08. The van der Waals surface area contributed by atoms with Crippen molar-refractivity contribution in [3.05, 3.63) is 51.9 Å². The van der Waals surface area contributed by atoms with Gasteiger partial charge in [-0.1, -0.05) is 25.1 Å². The molecule has 0 atom stereocenters. The molecule has 0 unspecified atom stereocenters. The highest BCUT2D eigenvalue weighted by Crippen LogP contribution is 2.21. The molecular weight excluding hydrogens is 350 g/mol. The van der Waals surface area contributed by atoms with Gasteiger partial charge in [0.05, 0.1) is 0 Å². The molecule has 1 N–H and O–H groups in total. The van der Waals surface area contributed by atoms with E-state index in [-0.39, 0.29) is 18.3 Å². The lowest BCUT2D eigenvalue weighted by molar-refractivity contribution is -0.119. The summed E-state index contributed by atoms with van der Waals surface area (Å²) >= 11 is 3.09. The van der Waals surface area contributed by atoms with E-state index in [9.17, 15) is 9.59 Å². The zero-order valence-corrected chi connectivity index (χ0v) is 13.9. The zero-order valence-electron chi connectivity index (χ0n) is 12.3. The van der Waals surface area contributed by atoms with E-state index in [2.05, 4.69) is 21.2 Å². The first-order chi connectivity index (χ1) is 10.5. The number of hydrogen-bond acceptors (Lipinski definition) is 4. The molecule has 6 heteroatoms. The molecule has 1 aromatic carbocycles. The van der Waals surface area contributed by atoms with Crippen molar-refractivity contribution in [2.45, 2.75) is 20.3 Å². The van der Waals surface area contributed by atoms with E-state index >= 15 is 0 Å². The van der Waals surface area contributed by atoms with Crippen molar-refractivity contribution in [3.63, 3.8) is 0 Å². The van der Waals surface area contributed by atoms with Crippen LogP contribution in [-0.4, -0.2) is 18.5 Å². The average molecular weight is 366 g/mol. The van der Waals surface area contributed by atoms with Crippen LogP contribution in [0.3, 0.4) is 0 Å². The predicted molar refractivity (Wildman–Crippen MR) is 85.9 cm³/mol. The number of carbonyl (C=O) groups excluding carboxylic acids is 2. The second-order valence-corrected chi connectivity index (χ2v) is 5.47. The SMILES string of the molecule is CCc1cccc(C)c1NC(=O)COC(=O)c1ccc(Br)o1. The average Bonchev–Trinajstić information content (AvgIpc) is 2.93. The molecule has 1 amide bonds. The van der Waals surface area contributed by atoms with Crippen LogP contribution in [0.2, 0.25) is 0 Å². The number of ether oxygens (including phenoxy) is 1. The summed E-state index contributed by atoms with van der Waals surface area (Å²) in [7, 11) is 0. The monoisotopic (exact) mass is 365 g/mol. The van der Waals surface area contributed by atoms with Crippen molar-refractivity contribution in [2.75, 3.05) is 11.9 Å². The van der Waals surface area contributed by atoms with Crippen molar-refractivity contribution in [1.82, 2.24) is 0 Å². The summed E-state index contributed by atoms with van der Waals surface area (Å²) in [4.78, 5) is 23.6. The summed E-state index contributed by atoms with van der Waals surface area (Å²) in [6, 6.07) is 8.87. The van der Waals surface area contributed by atoms with Crippen LogP contribution < -0.4 is 5.32 Å². The molecule has 1 heterocycles. The van der Waals surface area contributed by atoms with E-state index in [0.717, 1.165) is 23.2 Å². The molecule has 0 fully saturated rings. The van der Waals surface area contributed by atoms with Crippen molar-refractivity contribution in [3.8, 4) is 0 Å².